The molecule has 0 aromatic heterocycles. The molecule has 0 saturated heterocycles. The average Bonchev–Trinajstić information content (AvgIpc) is 1.97. The smallest absolute Gasteiger partial charge is 0.0626 e. The van der Waals surface area contributed by atoms with Crippen molar-refractivity contribution in [1.29, 1.82) is 0 Å². The lowest BCUT2D eigenvalue weighted by Crippen LogP contribution is -2.04. The fourth-order valence-corrected chi connectivity index (χ4v) is 0.666. The van der Waals surface area contributed by atoms with Gasteiger partial charge >= 0.3 is 0 Å². The molecule has 1 heteroatoms. The molecular formula is C8H11N. The van der Waals surface area contributed by atoms with Crippen molar-refractivity contribution < 1.29 is 2.74 Å². The second-order valence-electron chi connectivity index (χ2n) is 1.82. The van der Waals surface area contributed by atoms with Gasteiger partial charge in [-0.2, -0.15) is 0 Å². The van der Waals surface area contributed by atoms with Crippen LogP contribution in [0, 0.1) is 0 Å². The highest BCUT2D eigenvalue weighted by molar-refractivity contribution is 5.13. The lowest BCUT2D eigenvalue weighted by Gasteiger charge is -1.95. The molecule has 0 aliphatic heterocycles. The summed E-state index contributed by atoms with van der Waals surface area (Å²) in [5, 5.41) is 2.93. The van der Waals surface area contributed by atoms with Gasteiger partial charge in [-0.1, -0.05) is 30.3 Å². The summed E-state index contributed by atoms with van der Waals surface area (Å²) in [4.78, 5) is 0. The van der Waals surface area contributed by atoms with Crippen molar-refractivity contribution >= 4 is 0 Å². The summed E-state index contributed by atoms with van der Waals surface area (Å²) in [5.74, 6) is 0. The summed E-state index contributed by atoms with van der Waals surface area (Å²) < 4.78 is 14.9. The monoisotopic (exact) mass is 123 g/mol. The third-order valence-corrected chi connectivity index (χ3v) is 1.06. The first-order valence-corrected chi connectivity index (χ1v) is 2.95. The van der Waals surface area contributed by atoms with Crippen LogP contribution in [0.3, 0.4) is 0 Å². The summed E-state index contributed by atoms with van der Waals surface area (Å²) in [6, 6.07) is 6.00. The first-order chi connectivity index (χ1) is 5.25. The van der Waals surface area contributed by atoms with Crippen LogP contribution in [0.15, 0.2) is 30.3 Å². The van der Waals surface area contributed by atoms with Crippen molar-refractivity contribution in [1.82, 2.24) is 5.32 Å². The van der Waals surface area contributed by atoms with E-state index in [1.165, 1.54) is 0 Å². The Morgan fingerprint density at radius 1 is 1.44 bits per heavy atom. The Bertz CT molecular complexity index is 228. The van der Waals surface area contributed by atoms with Crippen LogP contribution in [-0.2, 0) is 6.54 Å². The van der Waals surface area contributed by atoms with Crippen LogP contribution in [0.4, 0.5) is 0 Å². The van der Waals surface area contributed by atoms with E-state index in [-0.39, 0.29) is 0 Å². The molecule has 1 nitrogen and oxygen atoms in total. The first-order valence-electron chi connectivity index (χ1n) is 3.95. The Balaban J connectivity index is 3.00. The highest BCUT2D eigenvalue weighted by Crippen LogP contribution is 1.95. The van der Waals surface area contributed by atoms with Crippen molar-refractivity contribution in [2.24, 2.45) is 0 Å². The lowest BCUT2D eigenvalue weighted by atomic mass is 10.2. The maximum atomic E-state index is 7.45. The van der Waals surface area contributed by atoms with E-state index in [9.17, 15) is 0 Å². The second-order valence-corrected chi connectivity index (χ2v) is 1.82. The normalized spacial score (nSPS) is 12.6. The molecule has 0 amide bonds. The second kappa shape index (κ2) is 3.25. The van der Waals surface area contributed by atoms with E-state index >= 15 is 0 Å². The molecule has 0 heterocycles. The van der Waals surface area contributed by atoms with Crippen molar-refractivity contribution in [2.75, 3.05) is 7.05 Å². The van der Waals surface area contributed by atoms with Gasteiger partial charge in [-0.25, -0.2) is 0 Å². The molecule has 0 unspecified atom stereocenters. The number of benzene rings is 1. The van der Waals surface area contributed by atoms with Gasteiger partial charge in [0.15, 0.2) is 0 Å². The van der Waals surface area contributed by atoms with Gasteiger partial charge in [-0.15, -0.1) is 0 Å². The van der Waals surface area contributed by atoms with Crippen LogP contribution < -0.4 is 5.32 Å². The fourth-order valence-electron chi connectivity index (χ4n) is 0.666. The molecule has 1 rings (SSSR count). The molecule has 0 aliphatic rings. The van der Waals surface area contributed by atoms with Crippen molar-refractivity contribution in [3.63, 3.8) is 0 Å². The Kier molecular flexibility index (Phi) is 1.47. The van der Waals surface area contributed by atoms with E-state index in [2.05, 4.69) is 5.32 Å². The van der Waals surface area contributed by atoms with Gasteiger partial charge < -0.3 is 5.32 Å². The third-order valence-electron chi connectivity index (χ3n) is 1.06. The standard InChI is InChI=1S/C8H11N/c1-9-7-8-5-3-2-4-6-8/h2-6,9H,7H2,1H3/i5D,6D. The Hall–Kier alpha value is -0.820. The zero-order chi connectivity index (χ0) is 8.27. The van der Waals surface area contributed by atoms with Crippen molar-refractivity contribution in [3.8, 4) is 0 Å². The zero-order valence-electron chi connectivity index (χ0n) is 7.44. The Labute approximate surface area is 58.5 Å². The Morgan fingerprint density at radius 3 is 2.67 bits per heavy atom. The average molecular weight is 123 g/mol. The zero-order valence-corrected chi connectivity index (χ0v) is 5.44. The minimum absolute atomic E-state index is 0.437. The quantitative estimate of drug-likeness (QED) is 0.627. The number of hydrogen-bond acceptors (Lipinski definition) is 1. The predicted octanol–water partition coefficient (Wildman–Crippen LogP) is 1.41. The van der Waals surface area contributed by atoms with Crippen LogP contribution in [0.2, 0.25) is 0 Å². The predicted molar refractivity (Wildman–Crippen MR) is 39.2 cm³/mol. The molecule has 0 aliphatic carbocycles. The molecule has 0 radical (unpaired) electrons. The van der Waals surface area contributed by atoms with Gasteiger partial charge in [0, 0.05) is 6.54 Å². The van der Waals surface area contributed by atoms with E-state index in [0.29, 0.717) is 18.6 Å². The summed E-state index contributed by atoms with van der Waals surface area (Å²) in [5.41, 5.74) is 0.759. The fraction of sp³-hybridized carbons (Fsp3) is 0.250. The van der Waals surface area contributed by atoms with Crippen molar-refractivity contribution in [2.45, 2.75) is 6.54 Å². The molecule has 0 bridgehead atoms. The van der Waals surface area contributed by atoms with Crippen LogP contribution in [0.25, 0.3) is 0 Å². The van der Waals surface area contributed by atoms with Gasteiger partial charge in [0.2, 0.25) is 0 Å². The van der Waals surface area contributed by atoms with Gasteiger partial charge in [0.1, 0.15) is 0 Å². The Morgan fingerprint density at radius 2 is 2.11 bits per heavy atom. The van der Waals surface area contributed by atoms with Crippen LogP contribution in [-0.4, -0.2) is 7.05 Å². The minimum Gasteiger partial charge on any atom is -0.316 e. The minimum atomic E-state index is 0.437. The molecule has 0 fully saturated rings. The van der Waals surface area contributed by atoms with E-state index < -0.39 is 0 Å². The summed E-state index contributed by atoms with van der Waals surface area (Å²) in [7, 11) is 1.81. The molecule has 0 spiro atoms. The van der Waals surface area contributed by atoms with Crippen LogP contribution in [0.5, 0.6) is 0 Å². The topological polar surface area (TPSA) is 12.0 Å². The van der Waals surface area contributed by atoms with Crippen LogP contribution in [0.1, 0.15) is 8.30 Å². The molecule has 0 atom stereocenters. The summed E-state index contributed by atoms with van der Waals surface area (Å²) >= 11 is 0. The molecular weight excluding hydrogens is 110 g/mol. The van der Waals surface area contributed by atoms with Gasteiger partial charge in [0.05, 0.1) is 2.74 Å². The highest BCUT2D eigenvalue weighted by Gasteiger charge is 1.83. The van der Waals surface area contributed by atoms with Gasteiger partial charge in [0.25, 0.3) is 0 Å². The van der Waals surface area contributed by atoms with Crippen LogP contribution >= 0.6 is 0 Å². The lowest BCUT2D eigenvalue weighted by molar-refractivity contribution is 0.818. The molecule has 0 saturated carbocycles. The third kappa shape index (κ3) is 1.86. The molecule has 9 heavy (non-hydrogen) atoms. The van der Waals surface area contributed by atoms with Gasteiger partial charge in [-0.05, 0) is 12.6 Å². The molecule has 48 valence electrons. The molecule has 1 aromatic rings. The maximum Gasteiger partial charge on any atom is 0.0626 e. The molecule has 1 aromatic carbocycles. The van der Waals surface area contributed by atoms with E-state index in [4.69, 9.17) is 2.74 Å². The SMILES string of the molecule is [2H]c1cccc([2H])c1CNC. The maximum absolute atomic E-state index is 7.45. The largest absolute Gasteiger partial charge is 0.316 e. The first kappa shape index (κ1) is 4.07. The number of nitrogens with one attached hydrogen (secondary N) is 1. The summed E-state index contributed by atoms with van der Waals surface area (Å²) in [6.07, 6.45) is 0. The van der Waals surface area contributed by atoms with Crippen molar-refractivity contribution in [3.05, 3.63) is 35.8 Å². The number of rotatable bonds is 2. The summed E-state index contributed by atoms with van der Waals surface area (Å²) in [6.45, 7) is 0.596. The number of hydrogen-bond donors (Lipinski definition) is 1. The van der Waals surface area contributed by atoms with Gasteiger partial charge in [-0.3, -0.25) is 0 Å². The highest BCUT2D eigenvalue weighted by atomic mass is 14.8. The van der Waals surface area contributed by atoms with E-state index in [1.54, 1.807) is 18.2 Å². The van der Waals surface area contributed by atoms with E-state index in [1.807, 2.05) is 7.05 Å². The molecule has 1 N–H and O–H groups in total. The van der Waals surface area contributed by atoms with E-state index in [0.717, 1.165) is 5.56 Å².